The minimum atomic E-state index is -3.25. The molecule has 8 heteroatoms. The third-order valence-electron chi connectivity index (χ3n) is 4.35. The first-order valence-corrected chi connectivity index (χ1v) is 9.77. The zero-order chi connectivity index (χ0) is 17.3. The molecule has 3 rings (SSSR count). The average molecular weight is 352 g/mol. The Kier molecular flexibility index (Phi) is 4.60. The van der Waals surface area contributed by atoms with E-state index in [0.717, 1.165) is 11.8 Å². The van der Waals surface area contributed by atoms with Crippen LogP contribution in [0.15, 0.2) is 24.3 Å². The Labute approximate surface area is 141 Å². The van der Waals surface area contributed by atoms with Crippen molar-refractivity contribution in [2.75, 3.05) is 19.3 Å². The molecule has 1 atom stereocenters. The largest absolute Gasteiger partial charge is 0.448 e. The number of hydrogen-bond donors (Lipinski definition) is 1. The highest BCUT2D eigenvalue weighted by Gasteiger charge is 2.35. The van der Waals surface area contributed by atoms with E-state index in [1.165, 1.54) is 0 Å². The van der Waals surface area contributed by atoms with E-state index in [1.54, 1.807) is 17.0 Å². The third kappa shape index (κ3) is 3.76. The topological polar surface area (TPSA) is 92.8 Å². The van der Waals surface area contributed by atoms with Crippen LogP contribution >= 0.6 is 0 Å². The summed E-state index contributed by atoms with van der Waals surface area (Å²) in [6.07, 6.45) is 1.81. The van der Waals surface area contributed by atoms with Crippen LogP contribution in [0.1, 0.15) is 28.8 Å². The Hall–Kier alpha value is -1.93. The fourth-order valence-corrected chi connectivity index (χ4v) is 4.03. The van der Waals surface area contributed by atoms with Gasteiger partial charge in [0, 0.05) is 25.6 Å². The van der Waals surface area contributed by atoms with Crippen LogP contribution in [0.25, 0.3) is 0 Å². The highest BCUT2D eigenvalue weighted by atomic mass is 32.2. The number of nitrogens with one attached hydrogen (secondary N) is 1. The molecule has 2 aliphatic rings. The number of carbonyl (C=O) groups is 2. The number of esters is 1. The molecule has 1 amide bonds. The Balaban J connectivity index is 1.62. The van der Waals surface area contributed by atoms with Gasteiger partial charge < -0.3 is 9.64 Å². The molecule has 2 aliphatic heterocycles. The van der Waals surface area contributed by atoms with Crippen molar-refractivity contribution in [3.05, 3.63) is 35.4 Å². The predicted octanol–water partition coefficient (Wildman–Crippen LogP) is 0.308. The minimum absolute atomic E-state index is 0.154. The quantitative estimate of drug-likeness (QED) is 0.790. The third-order valence-corrected chi connectivity index (χ3v) is 5.12. The molecule has 0 aromatic heterocycles. The maximum absolute atomic E-state index is 12.6. The van der Waals surface area contributed by atoms with Gasteiger partial charge in [0.05, 0.1) is 11.8 Å². The first-order chi connectivity index (χ1) is 11.3. The second kappa shape index (κ2) is 6.52. The Morgan fingerprint density at radius 1 is 1.25 bits per heavy atom. The highest BCUT2D eigenvalue weighted by Crippen LogP contribution is 2.23. The molecular weight excluding hydrogens is 332 g/mol. The summed E-state index contributed by atoms with van der Waals surface area (Å²) in [4.78, 5) is 26.3. The molecule has 1 unspecified atom stereocenters. The molecule has 130 valence electrons. The van der Waals surface area contributed by atoms with Crippen LogP contribution in [0.2, 0.25) is 0 Å². The number of cyclic esters (lactones) is 1. The van der Waals surface area contributed by atoms with Crippen molar-refractivity contribution >= 4 is 21.9 Å². The fraction of sp³-hybridized carbons (Fsp3) is 0.500. The van der Waals surface area contributed by atoms with Crippen molar-refractivity contribution in [3.8, 4) is 0 Å². The SMILES string of the molecule is CS(=O)(=O)NC1CCN(C(=O)C2Cc3ccccc3C(=O)O2)CC1. The Morgan fingerprint density at radius 2 is 1.92 bits per heavy atom. The predicted molar refractivity (Wildman–Crippen MR) is 86.9 cm³/mol. The number of amides is 1. The summed E-state index contributed by atoms with van der Waals surface area (Å²) in [5, 5.41) is 0. The molecule has 0 saturated carbocycles. The van der Waals surface area contributed by atoms with Gasteiger partial charge in [-0.2, -0.15) is 0 Å². The molecule has 1 saturated heterocycles. The highest BCUT2D eigenvalue weighted by molar-refractivity contribution is 7.88. The summed E-state index contributed by atoms with van der Waals surface area (Å²) in [5.74, 6) is -0.681. The monoisotopic (exact) mass is 352 g/mol. The van der Waals surface area contributed by atoms with Gasteiger partial charge >= 0.3 is 5.97 Å². The molecular formula is C16H20N2O5S. The van der Waals surface area contributed by atoms with Crippen molar-refractivity contribution in [1.82, 2.24) is 9.62 Å². The van der Waals surface area contributed by atoms with Gasteiger partial charge in [-0.1, -0.05) is 18.2 Å². The van der Waals surface area contributed by atoms with Crippen LogP contribution in [0.5, 0.6) is 0 Å². The van der Waals surface area contributed by atoms with Crippen molar-refractivity contribution in [3.63, 3.8) is 0 Å². The molecule has 1 N–H and O–H groups in total. The molecule has 0 bridgehead atoms. The number of carbonyl (C=O) groups excluding carboxylic acids is 2. The van der Waals surface area contributed by atoms with Crippen molar-refractivity contribution in [2.45, 2.75) is 31.4 Å². The van der Waals surface area contributed by atoms with E-state index in [0.29, 0.717) is 37.9 Å². The number of fused-ring (bicyclic) bond motifs is 1. The van der Waals surface area contributed by atoms with E-state index in [2.05, 4.69) is 4.72 Å². The van der Waals surface area contributed by atoms with Gasteiger partial charge in [0.1, 0.15) is 0 Å². The molecule has 0 spiro atoms. The molecule has 1 aromatic carbocycles. The molecule has 0 aliphatic carbocycles. The van der Waals surface area contributed by atoms with Gasteiger partial charge in [-0.25, -0.2) is 17.9 Å². The zero-order valence-electron chi connectivity index (χ0n) is 13.4. The number of benzene rings is 1. The van der Waals surface area contributed by atoms with E-state index in [9.17, 15) is 18.0 Å². The summed E-state index contributed by atoms with van der Waals surface area (Å²) < 4.78 is 30.4. The first-order valence-electron chi connectivity index (χ1n) is 7.88. The standard InChI is InChI=1S/C16H20N2O5S/c1-24(21,22)17-12-6-8-18(9-7-12)15(19)14-10-11-4-2-3-5-13(11)16(20)23-14/h2-5,12,14,17H,6-10H2,1H3. The smallest absolute Gasteiger partial charge is 0.339 e. The number of sulfonamides is 1. The maximum Gasteiger partial charge on any atom is 0.339 e. The Bertz CT molecular complexity index is 753. The van der Waals surface area contributed by atoms with Gasteiger partial charge in [-0.05, 0) is 24.5 Å². The summed E-state index contributed by atoms with van der Waals surface area (Å²) in [6.45, 7) is 0.892. The molecule has 7 nitrogen and oxygen atoms in total. The van der Waals surface area contributed by atoms with E-state index >= 15 is 0 Å². The summed E-state index contributed by atoms with van der Waals surface area (Å²) >= 11 is 0. The lowest BCUT2D eigenvalue weighted by Gasteiger charge is -2.35. The van der Waals surface area contributed by atoms with E-state index in [1.807, 2.05) is 12.1 Å². The van der Waals surface area contributed by atoms with Gasteiger partial charge in [-0.15, -0.1) is 0 Å². The summed E-state index contributed by atoms with van der Waals surface area (Å²) in [7, 11) is -3.25. The zero-order valence-corrected chi connectivity index (χ0v) is 14.2. The molecule has 2 heterocycles. The number of piperidine rings is 1. The van der Waals surface area contributed by atoms with Crippen LogP contribution in [-0.2, 0) is 26.0 Å². The minimum Gasteiger partial charge on any atom is -0.448 e. The number of rotatable bonds is 3. The number of likely N-dealkylation sites (tertiary alicyclic amines) is 1. The van der Waals surface area contributed by atoms with Crippen LogP contribution < -0.4 is 4.72 Å². The van der Waals surface area contributed by atoms with Gasteiger partial charge in [0.25, 0.3) is 5.91 Å². The van der Waals surface area contributed by atoms with Crippen LogP contribution in [0.4, 0.5) is 0 Å². The number of ether oxygens (including phenoxy) is 1. The average Bonchev–Trinajstić information content (AvgIpc) is 2.53. The van der Waals surface area contributed by atoms with Crippen molar-refractivity contribution in [2.24, 2.45) is 0 Å². The van der Waals surface area contributed by atoms with Crippen molar-refractivity contribution in [1.29, 1.82) is 0 Å². The number of hydrogen-bond acceptors (Lipinski definition) is 5. The maximum atomic E-state index is 12.6. The van der Waals surface area contributed by atoms with E-state index in [-0.39, 0.29) is 11.9 Å². The first kappa shape index (κ1) is 16.9. The molecule has 0 radical (unpaired) electrons. The molecule has 1 fully saturated rings. The number of nitrogens with zero attached hydrogens (tertiary/aromatic N) is 1. The van der Waals surface area contributed by atoms with Gasteiger partial charge in [0.2, 0.25) is 10.0 Å². The van der Waals surface area contributed by atoms with Crippen LogP contribution in [0.3, 0.4) is 0 Å². The van der Waals surface area contributed by atoms with E-state index in [4.69, 9.17) is 4.74 Å². The van der Waals surface area contributed by atoms with Crippen LogP contribution in [-0.4, -0.2) is 56.7 Å². The van der Waals surface area contributed by atoms with Crippen LogP contribution in [0, 0.1) is 0 Å². The second-order valence-corrected chi connectivity index (χ2v) is 8.02. The summed E-state index contributed by atoms with van der Waals surface area (Å²) in [5.41, 5.74) is 1.33. The van der Waals surface area contributed by atoms with Crippen molar-refractivity contribution < 1.29 is 22.7 Å². The normalized spacial score (nSPS) is 22.0. The lowest BCUT2D eigenvalue weighted by atomic mass is 9.97. The fourth-order valence-electron chi connectivity index (χ4n) is 3.19. The van der Waals surface area contributed by atoms with Gasteiger partial charge in [-0.3, -0.25) is 4.79 Å². The lowest BCUT2D eigenvalue weighted by molar-refractivity contribution is -0.142. The van der Waals surface area contributed by atoms with E-state index < -0.39 is 22.1 Å². The lowest BCUT2D eigenvalue weighted by Crippen LogP contribution is -2.50. The molecule has 24 heavy (non-hydrogen) atoms. The summed E-state index contributed by atoms with van der Waals surface area (Å²) in [6, 6.07) is 6.97. The second-order valence-electron chi connectivity index (χ2n) is 6.24. The van der Waals surface area contributed by atoms with Gasteiger partial charge in [0.15, 0.2) is 6.10 Å². The Morgan fingerprint density at radius 3 is 2.58 bits per heavy atom. The molecule has 1 aromatic rings.